The zero-order valence-electron chi connectivity index (χ0n) is 11.6. The molecule has 1 saturated heterocycles. The van der Waals surface area contributed by atoms with E-state index < -0.39 is 0 Å². The summed E-state index contributed by atoms with van der Waals surface area (Å²) >= 11 is 0. The first kappa shape index (κ1) is 13.7. The molecule has 2 rings (SSSR count). The number of carbonyl (C=O) groups excluding carboxylic acids is 1. The van der Waals surface area contributed by atoms with Crippen molar-refractivity contribution in [1.82, 2.24) is 4.90 Å². The Labute approximate surface area is 114 Å². The van der Waals surface area contributed by atoms with Gasteiger partial charge in [0, 0.05) is 6.54 Å². The highest BCUT2D eigenvalue weighted by molar-refractivity contribution is 5.70. The second-order valence-electron chi connectivity index (χ2n) is 5.03. The molecule has 0 N–H and O–H groups in total. The first-order valence-electron chi connectivity index (χ1n) is 6.86. The molecule has 1 heterocycles. The summed E-state index contributed by atoms with van der Waals surface area (Å²) in [6, 6.07) is 10.1. The molecule has 1 fully saturated rings. The number of hydrogen-bond donors (Lipinski definition) is 0. The van der Waals surface area contributed by atoms with Gasteiger partial charge in [-0.1, -0.05) is 62.8 Å². The Balaban J connectivity index is 2.03. The molecule has 0 bridgehead atoms. The van der Waals surface area contributed by atoms with Crippen molar-refractivity contribution in [2.24, 2.45) is 5.92 Å². The lowest BCUT2D eigenvalue weighted by Crippen LogP contribution is -2.31. The van der Waals surface area contributed by atoms with Crippen LogP contribution in [0.4, 0.5) is 4.79 Å². The van der Waals surface area contributed by atoms with Crippen LogP contribution in [0, 0.1) is 5.92 Å². The van der Waals surface area contributed by atoms with Crippen molar-refractivity contribution in [2.75, 3.05) is 6.61 Å². The van der Waals surface area contributed by atoms with Gasteiger partial charge in [0.15, 0.2) is 0 Å². The average Bonchev–Trinajstić information content (AvgIpc) is 2.78. The maximum atomic E-state index is 11.8. The number of cyclic esters (lactones) is 1. The Morgan fingerprint density at radius 2 is 2.16 bits per heavy atom. The van der Waals surface area contributed by atoms with Gasteiger partial charge in [-0.2, -0.15) is 0 Å². The molecule has 1 aromatic carbocycles. The van der Waals surface area contributed by atoms with Crippen LogP contribution in [-0.4, -0.2) is 23.6 Å². The summed E-state index contributed by atoms with van der Waals surface area (Å²) in [5.41, 5.74) is 1.13. The summed E-state index contributed by atoms with van der Waals surface area (Å²) in [5, 5.41) is 0. The fourth-order valence-corrected chi connectivity index (χ4v) is 2.04. The van der Waals surface area contributed by atoms with Crippen molar-refractivity contribution in [3.05, 3.63) is 48.0 Å². The Morgan fingerprint density at radius 3 is 2.84 bits per heavy atom. The van der Waals surface area contributed by atoms with E-state index >= 15 is 0 Å². The maximum Gasteiger partial charge on any atom is 0.410 e. The van der Waals surface area contributed by atoms with Crippen molar-refractivity contribution in [3.8, 4) is 0 Å². The third kappa shape index (κ3) is 3.60. The molecule has 0 spiro atoms. The second-order valence-corrected chi connectivity index (χ2v) is 5.03. The maximum absolute atomic E-state index is 11.8. The van der Waals surface area contributed by atoms with Crippen molar-refractivity contribution in [3.63, 3.8) is 0 Å². The highest BCUT2D eigenvalue weighted by Gasteiger charge is 2.30. The first-order chi connectivity index (χ1) is 9.20. The third-order valence-electron chi connectivity index (χ3n) is 3.51. The number of benzene rings is 1. The van der Waals surface area contributed by atoms with Gasteiger partial charge in [-0.05, 0) is 11.5 Å². The van der Waals surface area contributed by atoms with E-state index in [4.69, 9.17) is 4.74 Å². The number of amides is 1. The number of rotatable bonds is 5. The van der Waals surface area contributed by atoms with E-state index in [0.29, 0.717) is 19.1 Å². The Kier molecular flexibility index (Phi) is 4.61. The van der Waals surface area contributed by atoms with Crippen molar-refractivity contribution in [2.45, 2.75) is 32.9 Å². The van der Waals surface area contributed by atoms with Gasteiger partial charge < -0.3 is 4.74 Å². The van der Waals surface area contributed by atoms with E-state index in [2.05, 4.69) is 26.0 Å². The minimum atomic E-state index is -0.220. The van der Waals surface area contributed by atoms with Crippen LogP contribution in [0.3, 0.4) is 0 Å². The van der Waals surface area contributed by atoms with Crippen LogP contribution in [0.1, 0.15) is 25.8 Å². The molecule has 0 aliphatic carbocycles. The molecule has 1 aliphatic heterocycles. The number of carbonyl (C=O) groups is 1. The fraction of sp³-hybridized carbons (Fsp3) is 0.438. The normalized spacial score (nSPS) is 20.8. The predicted octanol–water partition coefficient (Wildman–Crippen LogP) is 3.61. The van der Waals surface area contributed by atoms with Crippen LogP contribution in [0.2, 0.25) is 0 Å². The van der Waals surface area contributed by atoms with Crippen LogP contribution in [-0.2, 0) is 11.3 Å². The SMILES string of the molecule is CC[C@H](C)/C=C\[C@H]1COC(=O)N1Cc1ccccc1. The van der Waals surface area contributed by atoms with Gasteiger partial charge in [0.1, 0.15) is 6.61 Å². The van der Waals surface area contributed by atoms with Crippen molar-refractivity contribution in [1.29, 1.82) is 0 Å². The standard InChI is InChI=1S/C16H21NO2/c1-3-13(2)9-10-15-12-19-16(18)17(15)11-14-7-5-4-6-8-14/h4-10,13,15H,3,11-12H2,1-2H3/b10-9-/t13-,15-/m0/s1. The van der Waals surface area contributed by atoms with E-state index in [0.717, 1.165) is 12.0 Å². The molecule has 0 unspecified atom stereocenters. The van der Waals surface area contributed by atoms with Crippen LogP contribution in [0.25, 0.3) is 0 Å². The summed E-state index contributed by atoms with van der Waals surface area (Å²) < 4.78 is 5.15. The average molecular weight is 259 g/mol. The van der Waals surface area contributed by atoms with E-state index in [1.807, 2.05) is 30.3 Å². The van der Waals surface area contributed by atoms with Crippen molar-refractivity contribution >= 4 is 6.09 Å². The number of ether oxygens (including phenoxy) is 1. The molecule has 0 aromatic heterocycles. The van der Waals surface area contributed by atoms with Gasteiger partial charge in [0.25, 0.3) is 0 Å². The quantitative estimate of drug-likeness (QED) is 0.756. The molecule has 102 valence electrons. The van der Waals surface area contributed by atoms with Gasteiger partial charge in [0.05, 0.1) is 6.04 Å². The van der Waals surface area contributed by atoms with E-state index in [-0.39, 0.29) is 12.1 Å². The molecular weight excluding hydrogens is 238 g/mol. The number of allylic oxidation sites excluding steroid dienone is 1. The fourth-order valence-electron chi connectivity index (χ4n) is 2.04. The van der Waals surface area contributed by atoms with Gasteiger partial charge in [-0.3, -0.25) is 4.90 Å². The largest absolute Gasteiger partial charge is 0.447 e. The van der Waals surface area contributed by atoms with E-state index in [1.54, 1.807) is 4.90 Å². The highest BCUT2D eigenvalue weighted by atomic mass is 16.6. The first-order valence-corrected chi connectivity index (χ1v) is 6.86. The van der Waals surface area contributed by atoms with Crippen LogP contribution in [0.5, 0.6) is 0 Å². The van der Waals surface area contributed by atoms with Crippen molar-refractivity contribution < 1.29 is 9.53 Å². The van der Waals surface area contributed by atoms with Crippen LogP contribution in [0.15, 0.2) is 42.5 Å². The Morgan fingerprint density at radius 1 is 1.42 bits per heavy atom. The van der Waals surface area contributed by atoms with E-state index in [9.17, 15) is 4.79 Å². The molecular formula is C16H21NO2. The zero-order chi connectivity index (χ0) is 13.7. The summed E-state index contributed by atoms with van der Waals surface area (Å²) in [7, 11) is 0. The predicted molar refractivity (Wildman–Crippen MR) is 75.7 cm³/mol. The summed E-state index contributed by atoms with van der Waals surface area (Å²) in [5.74, 6) is 0.536. The molecule has 19 heavy (non-hydrogen) atoms. The summed E-state index contributed by atoms with van der Waals surface area (Å²) in [6.45, 7) is 5.40. The van der Waals surface area contributed by atoms with E-state index in [1.165, 1.54) is 0 Å². The topological polar surface area (TPSA) is 29.5 Å². The highest BCUT2D eigenvalue weighted by Crippen LogP contribution is 2.18. The minimum absolute atomic E-state index is 0.0571. The molecule has 0 saturated carbocycles. The third-order valence-corrected chi connectivity index (χ3v) is 3.51. The number of hydrogen-bond acceptors (Lipinski definition) is 2. The number of nitrogens with zero attached hydrogens (tertiary/aromatic N) is 1. The van der Waals surface area contributed by atoms with Gasteiger partial charge in [0.2, 0.25) is 0 Å². The van der Waals surface area contributed by atoms with Gasteiger partial charge in [-0.25, -0.2) is 4.79 Å². The lowest BCUT2D eigenvalue weighted by Gasteiger charge is -2.19. The molecule has 1 amide bonds. The molecule has 1 aromatic rings. The Bertz CT molecular complexity index is 441. The zero-order valence-corrected chi connectivity index (χ0v) is 11.6. The monoisotopic (exact) mass is 259 g/mol. The summed E-state index contributed by atoms with van der Waals surface area (Å²) in [6.07, 6.45) is 5.16. The molecule has 3 nitrogen and oxygen atoms in total. The lowest BCUT2D eigenvalue weighted by molar-refractivity contribution is 0.156. The van der Waals surface area contributed by atoms with Crippen LogP contribution >= 0.6 is 0 Å². The summed E-state index contributed by atoms with van der Waals surface area (Å²) in [4.78, 5) is 13.6. The second kappa shape index (κ2) is 6.41. The van der Waals surface area contributed by atoms with Crippen LogP contribution < -0.4 is 0 Å². The molecule has 2 atom stereocenters. The Hall–Kier alpha value is -1.77. The molecule has 0 radical (unpaired) electrons. The molecule has 3 heteroatoms. The minimum Gasteiger partial charge on any atom is -0.447 e. The van der Waals surface area contributed by atoms with Gasteiger partial charge >= 0.3 is 6.09 Å². The lowest BCUT2D eigenvalue weighted by atomic mass is 10.1. The van der Waals surface area contributed by atoms with Gasteiger partial charge in [-0.15, -0.1) is 0 Å². The smallest absolute Gasteiger partial charge is 0.410 e. The molecule has 1 aliphatic rings.